The van der Waals surface area contributed by atoms with Crippen LogP contribution in [-0.2, 0) is 16.2 Å². The zero-order chi connectivity index (χ0) is 23.6. The third-order valence-electron chi connectivity index (χ3n) is 5.32. The second kappa shape index (κ2) is 8.97. The Hall–Kier alpha value is -3.21. The lowest BCUT2D eigenvalue weighted by Crippen LogP contribution is -2.30. The lowest BCUT2D eigenvalue weighted by molar-refractivity contribution is -0.140. The average Bonchev–Trinajstić information content (AvgIpc) is 2.79. The van der Waals surface area contributed by atoms with E-state index in [1.54, 1.807) is 12.1 Å². The van der Waals surface area contributed by atoms with Crippen molar-refractivity contribution in [2.45, 2.75) is 30.3 Å². The van der Waals surface area contributed by atoms with Gasteiger partial charge in [-0.1, -0.05) is 12.1 Å². The van der Waals surface area contributed by atoms with E-state index < -0.39 is 32.5 Å². The topological polar surface area (TPSA) is 75.2 Å². The number of hydrogen-bond donors (Lipinski definition) is 1. The number of aromatic nitrogens is 2. The molecule has 0 unspecified atom stereocenters. The zero-order valence-electron chi connectivity index (χ0n) is 17.3. The molecule has 1 saturated heterocycles. The number of nitrogens with zero attached hydrogens (tertiary/aromatic N) is 3. The van der Waals surface area contributed by atoms with E-state index in [1.807, 2.05) is 12.1 Å². The number of rotatable bonds is 5. The van der Waals surface area contributed by atoms with E-state index in [9.17, 15) is 26.0 Å². The molecule has 1 aromatic heterocycles. The fraction of sp³-hybridized carbons (Fsp3) is 0.273. The van der Waals surface area contributed by atoms with E-state index in [2.05, 4.69) is 19.8 Å². The van der Waals surface area contributed by atoms with Crippen LogP contribution in [0.4, 0.5) is 29.1 Å². The number of hydrogen-bond acceptors (Lipinski definition) is 5. The average molecular weight is 480 g/mol. The molecule has 0 saturated carbocycles. The molecule has 174 valence electrons. The monoisotopic (exact) mass is 480 g/mol. The summed E-state index contributed by atoms with van der Waals surface area (Å²) in [6, 6.07) is 11.4. The summed E-state index contributed by atoms with van der Waals surface area (Å²) < 4.78 is 79.4. The highest BCUT2D eigenvalue weighted by Crippen LogP contribution is 2.33. The van der Waals surface area contributed by atoms with Crippen molar-refractivity contribution in [3.05, 3.63) is 66.0 Å². The summed E-state index contributed by atoms with van der Waals surface area (Å²) in [6.45, 7) is 1.89. The van der Waals surface area contributed by atoms with Gasteiger partial charge in [-0.05, 0) is 61.7 Å². The SMILES string of the molecule is O=S(=O)(Nc1ccc(-c2ccc(N3CCCCC3)nn2)cc1)c1ccc(F)c(C(F)(F)F)c1. The number of alkyl halides is 3. The molecule has 0 atom stereocenters. The molecule has 6 nitrogen and oxygen atoms in total. The van der Waals surface area contributed by atoms with Crippen molar-refractivity contribution in [3.8, 4) is 11.3 Å². The van der Waals surface area contributed by atoms with Crippen molar-refractivity contribution in [1.29, 1.82) is 0 Å². The second-order valence-corrected chi connectivity index (χ2v) is 9.33. The molecule has 2 aromatic carbocycles. The summed E-state index contributed by atoms with van der Waals surface area (Å²) in [5.74, 6) is -0.737. The van der Waals surface area contributed by atoms with Gasteiger partial charge in [-0.25, -0.2) is 12.8 Å². The van der Waals surface area contributed by atoms with Crippen LogP contribution in [-0.4, -0.2) is 31.7 Å². The highest BCUT2D eigenvalue weighted by Gasteiger charge is 2.35. The van der Waals surface area contributed by atoms with Crippen molar-refractivity contribution >= 4 is 21.5 Å². The Kier molecular flexibility index (Phi) is 6.24. The number of nitrogens with one attached hydrogen (secondary N) is 1. The third-order valence-corrected chi connectivity index (χ3v) is 6.70. The molecule has 4 rings (SSSR count). The van der Waals surface area contributed by atoms with E-state index >= 15 is 0 Å². The molecular weight excluding hydrogens is 460 g/mol. The first-order chi connectivity index (χ1) is 15.6. The molecule has 0 radical (unpaired) electrons. The van der Waals surface area contributed by atoms with E-state index in [0.29, 0.717) is 17.3 Å². The maximum Gasteiger partial charge on any atom is 0.419 e. The summed E-state index contributed by atoms with van der Waals surface area (Å²) >= 11 is 0. The predicted octanol–water partition coefficient (Wildman–Crippen LogP) is 5.09. The molecule has 1 fully saturated rings. The van der Waals surface area contributed by atoms with E-state index in [4.69, 9.17) is 0 Å². The van der Waals surface area contributed by atoms with Gasteiger partial charge in [0, 0.05) is 24.3 Å². The van der Waals surface area contributed by atoms with Gasteiger partial charge < -0.3 is 4.90 Å². The summed E-state index contributed by atoms with van der Waals surface area (Å²) in [7, 11) is -4.36. The first kappa shape index (κ1) is 23.0. The fourth-order valence-corrected chi connectivity index (χ4v) is 4.67. The van der Waals surface area contributed by atoms with Gasteiger partial charge in [0.2, 0.25) is 0 Å². The highest BCUT2D eigenvalue weighted by molar-refractivity contribution is 7.92. The first-order valence-electron chi connectivity index (χ1n) is 10.2. The summed E-state index contributed by atoms with van der Waals surface area (Å²) in [6.07, 6.45) is -1.56. The van der Waals surface area contributed by atoms with E-state index in [1.165, 1.54) is 18.6 Å². The van der Waals surface area contributed by atoms with Crippen LogP contribution in [0, 0.1) is 5.82 Å². The Bertz CT molecular complexity index is 1220. The number of sulfonamides is 1. The summed E-state index contributed by atoms with van der Waals surface area (Å²) in [5.41, 5.74) is -0.225. The van der Waals surface area contributed by atoms with Crippen LogP contribution in [0.5, 0.6) is 0 Å². The Morgan fingerprint density at radius 3 is 2.18 bits per heavy atom. The maximum absolute atomic E-state index is 13.5. The van der Waals surface area contributed by atoms with Gasteiger partial charge in [-0.2, -0.15) is 13.2 Å². The van der Waals surface area contributed by atoms with Crippen molar-refractivity contribution < 1.29 is 26.0 Å². The lowest BCUT2D eigenvalue weighted by atomic mass is 10.1. The minimum absolute atomic E-state index is 0.134. The van der Waals surface area contributed by atoms with Crippen LogP contribution >= 0.6 is 0 Å². The molecule has 1 N–H and O–H groups in total. The molecule has 0 aliphatic carbocycles. The Morgan fingerprint density at radius 2 is 1.58 bits per heavy atom. The van der Waals surface area contributed by atoms with E-state index in [-0.39, 0.29) is 11.8 Å². The van der Waals surface area contributed by atoms with Crippen LogP contribution in [0.2, 0.25) is 0 Å². The number of benzene rings is 2. The van der Waals surface area contributed by atoms with Gasteiger partial charge in [0.15, 0.2) is 5.82 Å². The van der Waals surface area contributed by atoms with Gasteiger partial charge in [0.25, 0.3) is 10.0 Å². The Morgan fingerprint density at radius 1 is 0.879 bits per heavy atom. The summed E-state index contributed by atoms with van der Waals surface area (Å²) in [4.78, 5) is 1.48. The lowest BCUT2D eigenvalue weighted by Gasteiger charge is -2.27. The quantitative estimate of drug-likeness (QED) is 0.515. The third kappa shape index (κ3) is 5.24. The van der Waals surface area contributed by atoms with Gasteiger partial charge in [-0.3, -0.25) is 4.72 Å². The Balaban J connectivity index is 1.49. The first-order valence-corrected chi connectivity index (χ1v) is 11.7. The minimum atomic E-state index is -5.01. The van der Waals surface area contributed by atoms with Gasteiger partial charge in [-0.15, -0.1) is 10.2 Å². The van der Waals surface area contributed by atoms with Gasteiger partial charge in [0.05, 0.1) is 16.2 Å². The normalized spacial score (nSPS) is 14.8. The molecule has 0 spiro atoms. The highest BCUT2D eigenvalue weighted by atomic mass is 32.2. The molecular formula is C22H20F4N4O2S. The van der Waals surface area contributed by atoms with Crippen LogP contribution < -0.4 is 9.62 Å². The van der Waals surface area contributed by atoms with Crippen LogP contribution in [0.15, 0.2) is 59.5 Å². The van der Waals surface area contributed by atoms with Crippen LogP contribution in [0.3, 0.4) is 0 Å². The van der Waals surface area contributed by atoms with Crippen molar-refractivity contribution in [1.82, 2.24) is 10.2 Å². The largest absolute Gasteiger partial charge is 0.419 e. The Labute approximate surface area is 188 Å². The van der Waals surface area contributed by atoms with Crippen molar-refractivity contribution in [2.24, 2.45) is 0 Å². The smallest absolute Gasteiger partial charge is 0.355 e. The van der Waals surface area contributed by atoms with Crippen LogP contribution in [0.1, 0.15) is 24.8 Å². The zero-order valence-corrected chi connectivity index (χ0v) is 18.1. The minimum Gasteiger partial charge on any atom is -0.355 e. The standard InChI is InChI=1S/C22H20F4N4O2S/c23-19-9-8-17(14-18(19)22(24,25)26)33(31,32)29-16-6-4-15(5-7-16)20-10-11-21(28-27-20)30-12-2-1-3-13-30/h4-11,14,29H,1-3,12-13H2. The summed E-state index contributed by atoms with van der Waals surface area (Å²) in [5, 5.41) is 8.52. The number of piperidine rings is 1. The molecule has 1 aliphatic heterocycles. The molecule has 1 aliphatic rings. The molecule has 0 amide bonds. The molecule has 0 bridgehead atoms. The van der Waals surface area contributed by atoms with Crippen LogP contribution in [0.25, 0.3) is 11.3 Å². The molecule has 3 aromatic rings. The number of anilines is 2. The fourth-order valence-electron chi connectivity index (χ4n) is 3.58. The van der Waals surface area contributed by atoms with Crippen molar-refractivity contribution in [2.75, 3.05) is 22.7 Å². The maximum atomic E-state index is 13.5. The predicted molar refractivity (Wildman–Crippen MR) is 116 cm³/mol. The molecule has 11 heteroatoms. The van der Waals surface area contributed by atoms with Gasteiger partial charge >= 0.3 is 6.18 Å². The second-order valence-electron chi connectivity index (χ2n) is 7.65. The molecule has 33 heavy (non-hydrogen) atoms. The van der Waals surface area contributed by atoms with E-state index in [0.717, 1.165) is 37.8 Å². The van der Waals surface area contributed by atoms with Gasteiger partial charge in [0.1, 0.15) is 5.82 Å². The van der Waals surface area contributed by atoms with Crippen molar-refractivity contribution in [3.63, 3.8) is 0 Å². The molecule has 2 heterocycles. The number of halogens is 4.